The molecule has 8 rings (SSSR count). The average Bonchev–Trinajstić information content (AvgIpc) is 3.68. The maximum Gasteiger partial charge on any atom is 0.0798 e. The van der Waals surface area contributed by atoms with Crippen LogP contribution in [0.2, 0.25) is 19.6 Å². The third-order valence-electron chi connectivity index (χ3n) is 11.8. The first-order chi connectivity index (χ1) is 28.0. The quantitative estimate of drug-likeness (QED) is 0.113. The molecule has 0 atom stereocenters. The smallest absolute Gasteiger partial charge is 0.0798 e. The fourth-order valence-electron chi connectivity index (χ4n) is 8.72. The Morgan fingerprint density at radius 3 is 2.05 bits per heavy atom. The van der Waals surface area contributed by atoms with Crippen molar-refractivity contribution in [1.29, 1.82) is 5.26 Å². The van der Waals surface area contributed by atoms with Crippen LogP contribution in [0.15, 0.2) is 103 Å². The van der Waals surface area contributed by atoms with Gasteiger partial charge in [-0.2, -0.15) is 0 Å². The van der Waals surface area contributed by atoms with Gasteiger partial charge in [-0.05, 0) is 87.3 Å². The van der Waals surface area contributed by atoms with E-state index in [2.05, 4.69) is 195 Å². The van der Waals surface area contributed by atoms with Crippen LogP contribution >= 0.6 is 0 Å². The summed E-state index contributed by atoms with van der Waals surface area (Å²) in [6.07, 6.45) is 3.14. The topological polar surface area (TPSA) is 54.5 Å². The predicted molar refractivity (Wildman–Crippen MR) is 251 cm³/mol. The number of pyridine rings is 1. The number of nitrogens with zero attached hydrogens (tertiary/aromatic N) is 4. The number of rotatable bonds is 8. The monoisotopic (exact) mass is 983 g/mol. The van der Waals surface area contributed by atoms with Crippen molar-refractivity contribution in [2.75, 3.05) is 0 Å². The zero-order chi connectivity index (χ0) is 42.4. The molecule has 2 heterocycles. The third-order valence-corrected chi connectivity index (χ3v) is 13.8. The molecule has 1 radical (unpaired) electrons. The maximum atomic E-state index is 8.89. The first-order valence-corrected chi connectivity index (χ1v) is 24.7. The summed E-state index contributed by atoms with van der Waals surface area (Å²) in [7, 11) is -1.40. The number of benzene rings is 5. The summed E-state index contributed by atoms with van der Waals surface area (Å²) in [5.41, 5.74) is 17.7. The first-order valence-electron chi connectivity index (χ1n) is 21.2. The van der Waals surface area contributed by atoms with Crippen molar-refractivity contribution in [3.8, 4) is 45.5 Å². The van der Waals surface area contributed by atoms with Gasteiger partial charge in [0.2, 0.25) is 0 Å². The Hall–Kier alpha value is -4.92. The molecule has 7 aromatic rings. The number of hydrogen-bond acceptors (Lipinski definition) is 3. The van der Waals surface area contributed by atoms with Crippen molar-refractivity contribution >= 4 is 24.3 Å². The molecule has 0 bridgehead atoms. The van der Waals surface area contributed by atoms with E-state index < -0.39 is 8.07 Å². The molecular formula is C54H58IrN4Si-2. The van der Waals surface area contributed by atoms with Gasteiger partial charge in [-0.25, -0.2) is 5.26 Å². The van der Waals surface area contributed by atoms with Crippen LogP contribution < -0.4 is 5.19 Å². The van der Waals surface area contributed by atoms with E-state index in [9.17, 15) is 0 Å². The minimum atomic E-state index is -1.40. The molecule has 0 amide bonds. The standard InChI is InChI=1S/C35H35N2.C19H23N2Si.Ir/c1-21(2)25-11-10-12-26(22(3)4)33(25)37-32-14-9-8-13-31(32)36-34(37)24-16-18-30-28(20-24)27-19-23(5)15-17-29(27)35(30,6)7;1-14(2)10-17-11-18(21-13-19(17)22(3,4)5)16-8-6-15(12-20)7-9-16;/h8-15,17-22H,1-7H3;6-8,11,13-14H,10H2,1-5H3;/q2*-1;. The number of aryl methyl sites for hydroxylation is 1. The van der Waals surface area contributed by atoms with E-state index in [0.717, 1.165) is 40.1 Å². The van der Waals surface area contributed by atoms with E-state index in [-0.39, 0.29) is 25.5 Å². The summed E-state index contributed by atoms with van der Waals surface area (Å²) < 4.78 is 2.40. The van der Waals surface area contributed by atoms with Crippen molar-refractivity contribution < 1.29 is 20.1 Å². The number of fused-ring (bicyclic) bond motifs is 4. The fraction of sp³-hybridized carbons (Fsp3) is 0.315. The van der Waals surface area contributed by atoms with Gasteiger partial charge in [0.05, 0.1) is 24.9 Å². The summed E-state index contributed by atoms with van der Waals surface area (Å²) in [4.78, 5) is 9.89. The first kappa shape index (κ1) is 44.6. The van der Waals surface area contributed by atoms with Crippen LogP contribution in [0.1, 0.15) is 106 Å². The molecule has 0 saturated carbocycles. The Bertz CT molecular complexity index is 2680. The molecule has 1 aliphatic carbocycles. The molecule has 2 aromatic heterocycles. The molecule has 1 aliphatic rings. The van der Waals surface area contributed by atoms with Gasteiger partial charge in [-0.15, -0.1) is 59.2 Å². The minimum Gasteiger partial charge on any atom is -0.333 e. The van der Waals surface area contributed by atoms with E-state index in [1.165, 1.54) is 55.4 Å². The summed E-state index contributed by atoms with van der Waals surface area (Å²) in [5.74, 6) is 2.36. The van der Waals surface area contributed by atoms with Gasteiger partial charge >= 0.3 is 0 Å². The number of imidazole rings is 1. The molecule has 60 heavy (non-hydrogen) atoms. The summed E-state index contributed by atoms with van der Waals surface area (Å²) in [6, 6.07) is 43.3. The predicted octanol–water partition coefficient (Wildman–Crippen LogP) is 13.5. The second-order valence-electron chi connectivity index (χ2n) is 18.9. The molecular weight excluding hydrogens is 925 g/mol. The zero-order valence-electron chi connectivity index (χ0n) is 37.4. The number of nitriles is 1. The van der Waals surface area contributed by atoms with E-state index in [4.69, 9.17) is 10.2 Å². The summed E-state index contributed by atoms with van der Waals surface area (Å²) in [5, 5.41) is 10.3. The number of aromatic nitrogens is 3. The Kier molecular flexibility index (Phi) is 13.1. The van der Waals surface area contributed by atoms with E-state index in [1.54, 1.807) is 6.07 Å². The van der Waals surface area contributed by atoms with Gasteiger partial charge in [0.15, 0.2) is 0 Å². The maximum absolute atomic E-state index is 8.89. The summed E-state index contributed by atoms with van der Waals surface area (Å²) in [6.45, 7) is 27.5. The normalized spacial score (nSPS) is 12.8. The second-order valence-corrected chi connectivity index (χ2v) is 23.9. The molecule has 0 fully saturated rings. The van der Waals surface area contributed by atoms with Crippen LogP contribution in [0.25, 0.3) is 50.5 Å². The molecule has 0 N–H and O–H groups in total. The van der Waals surface area contributed by atoms with Crippen molar-refractivity contribution in [2.45, 2.75) is 106 Å². The van der Waals surface area contributed by atoms with Gasteiger partial charge < -0.3 is 9.55 Å². The Morgan fingerprint density at radius 2 is 1.43 bits per heavy atom. The SMILES string of the molecule is CC(C)Cc1cc(-c2[c-]cc(C#N)cc2)ncc1[Si](C)(C)C.Cc1ccc2c(c1)-c1cc(-c3nc4ccccc4n3-c3c(C(C)C)cccc3C(C)C)[c-]cc1C2(C)C.[Ir]. The van der Waals surface area contributed by atoms with Crippen molar-refractivity contribution in [3.63, 3.8) is 0 Å². The number of para-hydroxylation sites is 3. The molecule has 4 nitrogen and oxygen atoms in total. The van der Waals surface area contributed by atoms with Gasteiger partial charge in [-0.1, -0.05) is 146 Å². The molecule has 309 valence electrons. The molecule has 0 unspecified atom stereocenters. The van der Waals surface area contributed by atoms with Crippen molar-refractivity contribution in [2.24, 2.45) is 5.92 Å². The van der Waals surface area contributed by atoms with Gasteiger partial charge in [-0.3, -0.25) is 4.98 Å². The number of hydrogen-bond donors (Lipinski definition) is 0. The molecule has 0 aliphatic heterocycles. The van der Waals surface area contributed by atoms with E-state index >= 15 is 0 Å². The minimum absolute atomic E-state index is 0. The van der Waals surface area contributed by atoms with Crippen LogP contribution in [0.4, 0.5) is 0 Å². The van der Waals surface area contributed by atoms with E-state index in [0.29, 0.717) is 23.3 Å². The van der Waals surface area contributed by atoms with Crippen LogP contribution in [0, 0.1) is 36.3 Å². The van der Waals surface area contributed by atoms with Crippen LogP contribution in [-0.4, -0.2) is 22.6 Å². The third kappa shape index (κ3) is 8.64. The Labute approximate surface area is 373 Å². The molecule has 0 saturated heterocycles. The van der Waals surface area contributed by atoms with Gasteiger partial charge in [0, 0.05) is 38.1 Å². The zero-order valence-corrected chi connectivity index (χ0v) is 40.8. The van der Waals surface area contributed by atoms with Gasteiger partial charge in [0.25, 0.3) is 0 Å². The molecule has 0 spiro atoms. The van der Waals surface area contributed by atoms with Gasteiger partial charge in [0.1, 0.15) is 0 Å². The van der Waals surface area contributed by atoms with Crippen LogP contribution in [-0.2, 0) is 31.9 Å². The Morgan fingerprint density at radius 1 is 0.767 bits per heavy atom. The second kappa shape index (κ2) is 17.6. The van der Waals surface area contributed by atoms with Crippen molar-refractivity contribution in [3.05, 3.63) is 154 Å². The van der Waals surface area contributed by atoms with Crippen LogP contribution in [0.3, 0.4) is 0 Å². The summed E-state index contributed by atoms with van der Waals surface area (Å²) >= 11 is 0. The average molecular weight is 983 g/mol. The Balaban J connectivity index is 0.000000226. The fourth-order valence-corrected chi connectivity index (χ4v) is 10.3. The van der Waals surface area contributed by atoms with Crippen LogP contribution in [0.5, 0.6) is 0 Å². The van der Waals surface area contributed by atoms with E-state index in [1.807, 2.05) is 12.1 Å². The molecule has 6 heteroatoms. The largest absolute Gasteiger partial charge is 0.333 e. The molecule has 5 aromatic carbocycles. The van der Waals surface area contributed by atoms with Crippen molar-refractivity contribution in [1.82, 2.24) is 14.5 Å².